The predicted molar refractivity (Wildman–Crippen MR) is 75.8 cm³/mol. The van der Waals surface area contributed by atoms with Crippen molar-refractivity contribution in [1.29, 1.82) is 0 Å². The van der Waals surface area contributed by atoms with E-state index >= 15 is 0 Å². The molecule has 1 N–H and O–H groups in total. The number of rotatable bonds is 5. The van der Waals surface area contributed by atoms with E-state index in [1.54, 1.807) is 4.57 Å². The van der Waals surface area contributed by atoms with Gasteiger partial charge in [-0.3, -0.25) is 4.57 Å². The molecule has 0 radical (unpaired) electrons. The Hall–Kier alpha value is -1.76. The molecule has 0 aliphatic heterocycles. The average Bonchev–Trinajstić information content (AvgIpc) is 2.78. The fraction of sp³-hybridized carbons (Fsp3) is 0.500. The van der Waals surface area contributed by atoms with Gasteiger partial charge >= 0.3 is 5.69 Å². The molecule has 19 heavy (non-hydrogen) atoms. The van der Waals surface area contributed by atoms with Crippen molar-refractivity contribution in [2.75, 3.05) is 11.9 Å². The Bertz CT molecular complexity index is 619. The third-order valence-electron chi connectivity index (χ3n) is 2.75. The summed E-state index contributed by atoms with van der Waals surface area (Å²) >= 11 is 1.32. The van der Waals surface area contributed by atoms with Gasteiger partial charge in [0.05, 0.1) is 6.54 Å². The van der Waals surface area contributed by atoms with Crippen molar-refractivity contribution < 1.29 is 0 Å². The second kappa shape index (κ2) is 5.92. The first-order valence-corrected chi connectivity index (χ1v) is 6.99. The van der Waals surface area contributed by atoms with Gasteiger partial charge in [-0.2, -0.15) is 4.98 Å². The number of hydrogen-bond acceptors (Lipinski definition) is 6. The van der Waals surface area contributed by atoms with Crippen LogP contribution in [-0.4, -0.2) is 25.7 Å². The zero-order chi connectivity index (χ0) is 13.8. The molecule has 2 aromatic rings. The van der Waals surface area contributed by atoms with Crippen LogP contribution in [0.3, 0.4) is 0 Å². The molecule has 0 saturated carbocycles. The number of aromatic nitrogens is 4. The maximum atomic E-state index is 11.9. The first kappa shape index (κ1) is 13.7. The van der Waals surface area contributed by atoms with E-state index in [4.69, 9.17) is 0 Å². The van der Waals surface area contributed by atoms with E-state index in [9.17, 15) is 4.79 Å². The van der Waals surface area contributed by atoms with Gasteiger partial charge in [-0.15, -0.1) is 5.10 Å². The minimum absolute atomic E-state index is 0.244. The van der Waals surface area contributed by atoms with Gasteiger partial charge in [0.25, 0.3) is 0 Å². The molecule has 0 aliphatic rings. The highest BCUT2D eigenvalue weighted by Crippen LogP contribution is 2.18. The fourth-order valence-electron chi connectivity index (χ4n) is 1.80. The van der Waals surface area contributed by atoms with Crippen molar-refractivity contribution >= 4 is 16.5 Å². The van der Waals surface area contributed by atoms with Gasteiger partial charge < -0.3 is 5.32 Å². The van der Waals surface area contributed by atoms with E-state index in [2.05, 4.69) is 26.8 Å². The third-order valence-corrected chi connectivity index (χ3v) is 3.47. The summed E-state index contributed by atoms with van der Waals surface area (Å²) in [6.45, 7) is 7.09. The minimum Gasteiger partial charge on any atom is -0.374 e. The molecule has 0 unspecified atom stereocenters. The van der Waals surface area contributed by atoms with Crippen LogP contribution in [-0.2, 0) is 6.54 Å². The van der Waals surface area contributed by atoms with E-state index < -0.39 is 0 Å². The van der Waals surface area contributed by atoms with Gasteiger partial charge in [0.2, 0.25) is 0 Å². The van der Waals surface area contributed by atoms with Crippen molar-refractivity contribution in [2.24, 2.45) is 0 Å². The first-order chi connectivity index (χ1) is 9.11. The summed E-state index contributed by atoms with van der Waals surface area (Å²) in [5.41, 5.74) is 2.16. The molecule has 2 aromatic heterocycles. The van der Waals surface area contributed by atoms with E-state index in [-0.39, 0.29) is 5.69 Å². The van der Waals surface area contributed by atoms with Crippen LogP contribution in [0.25, 0.3) is 0 Å². The molecule has 0 atom stereocenters. The number of hydrogen-bond donors (Lipinski definition) is 1. The van der Waals surface area contributed by atoms with Gasteiger partial charge in [0.15, 0.2) is 0 Å². The lowest BCUT2D eigenvalue weighted by Gasteiger charge is -2.09. The van der Waals surface area contributed by atoms with Crippen molar-refractivity contribution in [3.8, 4) is 0 Å². The highest BCUT2D eigenvalue weighted by atomic mass is 32.1. The monoisotopic (exact) mass is 279 g/mol. The quantitative estimate of drug-likeness (QED) is 0.899. The molecular formula is C12H17N5OS. The Balaban J connectivity index is 2.27. The molecule has 0 amide bonds. The number of aryl methyl sites for hydroxylation is 2. The molecule has 0 bridgehead atoms. The zero-order valence-electron chi connectivity index (χ0n) is 11.3. The van der Waals surface area contributed by atoms with Crippen LogP contribution in [0.5, 0.6) is 0 Å². The van der Waals surface area contributed by atoms with Crippen LogP contribution in [0.2, 0.25) is 0 Å². The van der Waals surface area contributed by atoms with Crippen LogP contribution in [0.4, 0.5) is 5.00 Å². The Kier molecular flexibility index (Phi) is 4.26. The molecule has 2 heterocycles. The van der Waals surface area contributed by atoms with E-state index in [1.807, 2.05) is 19.9 Å². The van der Waals surface area contributed by atoms with Crippen LogP contribution in [0.1, 0.15) is 30.4 Å². The number of nitrogens with zero attached hydrogens (tertiary/aromatic N) is 4. The molecule has 0 spiro atoms. The molecule has 0 fully saturated rings. The second-order valence-corrected chi connectivity index (χ2v) is 5.14. The molecule has 7 heteroatoms. The molecule has 6 nitrogen and oxygen atoms in total. The Morgan fingerprint density at radius 3 is 2.89 bits per heavy atom. The predicted octanol–water partition coefficient (Wildman–Crippen LogP) is 1.58. The summed E-state index contributed by atoms with van der Waals surface area (Å²) in [5.74, 6) is 0. The summed E-state index contributed by atoms with van der Waals surface area (Å²) in [4.78, 5) is 15.8. The summed E-state index contributed by atoms with van der Waals surface area (Å²) < 4.78 is 5.55. The Morgan fingerprint density at radius 1 is 1.42 bits per heavy atom. The first-order valence-electron chi connectivity index (χ1n) is 6.22. The fourth-order valence-corrected chi connectivity index (χ4v) is 2.40. The lowest BCUT2D eigenvalue weighted by molar-refractivity contribution is 0.679. The summed E-state index contributed by atoms with van der Waals surface area (Å²) in [7, 11) is 0. The highest BCUT2D eigenvalue weighted by molar-refractivity contribution is 7.10. The van der Waals surface area contributed by atoms with Crippen LogP contribution in [0, 0.1) is 13.8 Å². The van der Waals surface area contributed by atoms with Gasteiger partial charge in [0.1, 0.15) is 10.7 Å². The van der Waals surface area contributed by atoms with E-state index in [1.165, 1.54) is 11.5 Å². The van der Waals surface area contributed by atoms with Crippen molar-refractivity contribution in [2.45, 2.75) is 33.7 Å². The highest BCUT2D eigenvalue weighted by Gasteiger charge is 2.11. The van der Waals surface area contributed by atoms with Gasteiger partial charge in [-0.25, -0.2) is 4.79 Å². The van der Waals surface area contributed by atoms with Gasteiger partial charge in [-0.1, -0.05) is 11.4 Å². The summed E-state index contributed by atoms with van der Waals surface area (Å²) in [5, 5.41) is 8.28. The van der Waals surface area contributed by atoms with Crippen LogP contribution < -0.4 is 11.0 Å². The van der Waals surface area contributed by atoms with Crippen molar-refractivity contribution in [3.63, 3.8) is 0 Å². The maximum absolute atomic E-state index is 11.9. The van der Waals surface area contributed by atoms with Crippen molar-refractivity contribution in [3.05, 3.63) is 33.6 Å². The maximum Gasteiger partial charge on any atom is 0.348 e. The largest absolute Gasteiger partial charge is 0.374 e. The lowest BCUT2D eigenvalue weighted by atomic mass is 10.3. The standard InChI is InChI=1S/C12H17N5OS/c1-4-5-13-11-10(15-16-19-11)7-17-9(3)6-8(2)14-12(17)18/h6,13H,4-5,7H2,1-3H3. The Labute approximate surface area is 115 Å². The normalized spacial score (nSPS) is 10.7. The number of nitrogens with one attached hydrogen (secondary N) is 1. The SMILES string of the molecule is CCCNc1snnc1Cn1c(C)cc(C)nc1=O. The van der Waals surface area contributed by atoms with Crippen LogP contribution >= 0.6 is 11.5 Å². The second-order valence-electron chi connectivity index (χ2n) is 4.38. The minimum atomic E-state index is -0.244. The number of anilines is 1. The summed E-state index contributed by atoms with van der Waals surface area (Å²) in [6, 6.07) is 1.89. The molecular weight excluding hydrogens is 262 g/mol. The van der Waals surface area contributed by atoms with Gasteiger partial charge in [-0.05, 0) is 26.3 Å². The molecule has 0 aliphatic carbocycles. The summed E-state index contributed by atoms with van der Waals surface area (Å²) in [6.07, 6.45) is 1.03. The topological polar surface area (TPSA) is 72.7 Å². The van der Waals surface area contributed by atoms with Crippen molar-refractivity contribution in [1.82, 2.24) is 19.1 Å². The molecule has 0 aromatic carbocycles. The Morgan fingerprint density at radius 2 is 2.21 bits per heavy atom. The van der Waals surface area contributed by atoms with E-state index in [0.717, 1.165) is 35.0 Å². The van der Waals surface area contributed by atoms with Gasteiger partial charge in [0, 0.05) is 29.5 Å². The average molecular weight is 279 g/mol. The smallest absolute Gasteiger partial charge is 0.348 e. The molecule has 2 rings (SSSR count). The van der Waals surface area contributed by atoms with E-state index in [0.29, 0.717) is 6.54 Å². The third kappa shape index (κ3) is 3.17. The molecule has 0 saturated heterocycles. The van der Waals surface area contributed by atoms with Crippen LogP contribution in [0.15, 0.2) is 10.9 Å². The molecule has 102 valence electrons. The zero-order valence-corrected chi connectivity index (χ0v) is 12.1. The lowest BCUT2D eigenvalue weighted by Crippen LogP contribution is -2.26.